The third-order valence-electron chi connectivity index (χ3n) is 3.02. The topological polar surface area (TPSA) is 84.9 Å². The van der Waals surface area contributed by atoms with Crippen molar-refractivity contribution in [2.24, 2.45) is 0 Å². The van der Waals surface area contributed by atoms with Gasteiger partial charge in [0.1, 0.15) is 10.6 Å². The molecule has 0 amide bonds. The predicted molar refractivity (Wildman–Crippen MR) is 84.9 cm³/mol. The number of ketones is 1. The summed E-state index contributed by atoms with van der Waals surface area (Å²) in [6.45, 7) is 1.51. The molecular weight excluding hydrogens is 322 g/mol. The maximum Gasteiger partial charge on any atom is 0.198 e. The Labute approximate surface area is 133 Å². The number of hydrogen-bond donors (Lipinski definition) is 1. The summed E-state index contributed by atoms with van der Waals surface area (Å²) >= 11 is 1.29. The first-order valence-electron chi connectivity index (χ1n) is 6.44. The second-order valence-corrected chi connectivity index (χ2v) is 7.00. The Bertz CT molecular complexity index is 838. The Hall–Kier alpha value is -2.06. The number of hydrogen-bond acceptors (Lipinski definition) is 6. The lowest BCUT2D eigenvalue weighted by molar-refractivity contribution is 0.102. The van der Waals surface area contributed by atoms with Crippen LogP contribution >= 0.6 is 11.3 Å². The first kappa shape index (κ1) is 14.9. The number of aromatic amines is 1. The predicted octanol–water partition coefficient (Wildman–Crippen LogP) is 2.54. The van der Waals surface area contributed by atoms with Gasteiger partial charge in [-0.2, -0.15) is 0 Å². The van der Waals surface area contributed by atoms with Crippen LogP contribution in [0.25, 0.3) is 10.3 Å². The van der Waals surface area contributed by atoms with Crippen molar-refractivity contribution in [2.75, 3.05) is 7.11 Å². The molecule has 1 N–H and O–H groups in total. The van der Waals surface area contributed by atoms with Crippen LogP contribution in [-0.2, 0) is 16.6 Å². The molecule has 8 heteroatoms. The quantitative estimate of drug-likeness (QED) is 0.724. The van der Waals surface area contributed by atoms with Gasteiger partial charge in [-0.05, 0) is 19.1 Å². The van der Waals surface area contributed by atoms with Crippen LogP contribution < -0.4 is 4.74 Å². The third-order valence-corrected chi connectivity index (χ3v) is 5.33. The number of methoxy groups -OCH3 is 1. The van der Waals surface area contributed by atoms with Gasteiger partial charge in [0.2, 0.25) is 0 Å². The Kier molecular flexibility index (Phi) is 4.04. The van der Waals surface area contributed by atoms with Gasteiger partial charge >= 0.3 is 0 Å². The highest BCUT2D eigenvalue weighted by molar-refractivity contribution is 7.84. The van der Waals surface area contributed by atoms with E-state index in [0.717, 1.165) is 5.52 Å². The Balaban J connectivity index is 1.82. The maximum absolute atomic E-state index is 12.4. The molecule has 0 aliphatic rings. The van der Waals surface area contributed by atoms with Crippen molar-refractivity contribution in [3.8, 4) is 5.75 Å². The fraction of sp³-hybridized carbons (Fsp3) is 0.214. The number of carbonyl (C=O) groups is 1. The molecule has 114 valence electrons. The van der Waals surface area contributed by atoms with Gasteiger partial charge in [-0.25, -0.2) is 4.98 Å². The average Bonchev–Trinajstić information content (AvgIpc) is 3.06. The molecule has 6 nitrogen and oxygen atoms in total. The Morgan fingerprint density at radius 3 is 2.95 bits per heavy atom. The molecule has 0 fully saturated rings. The highest BCUT2D eigenvalue weighted by Crippen LogP contribution is 2.25. The zero-order valence-corrected chi connectivity index (χ0v) is 13.6. The SMILES string of the molecule is COc1ccnc(CS(=O)c2nc3sc(C(C)=O)cc3[nH]2)c1. The van der Waals surface area contributed by atoms with Gasteiger partial charge in [0.15, 0.2) is 10.9 Å². The van der Waals surface area contributed by atoms with Crippen molar-refractivity contribution in [2.45, 2.75) is 17.8 Å². The molecule has 1 unspecified atom stereocenters. The van der Waals surface area contributed by atoms with Gasteiger partial charge in [0.05, 0.1) is 39.7 Å². The molecule has 22 heavy (non-hydrogen) atoms. The van der Waals surface area contributed by atoms with Crippen molar-refractivity contribution in [1.82, 2.24) is 15.0 Å². The number of H-pyrrole nitrogens is 1. The minimum absolute atomic E-state index is 0.000321. The summed E-state index contributed by atoms with van der Waals surface area (Å²) in [5.41, 5.74) is 1.40. The minimum atomic E-state index is -1.34. The lowest BCUT2D eigenvalue weighted by Crippen LogP contribution is -2.01. The van der Waals surface area contributed by atoms with Gasteiger partial charge < -0.3 is 9.72 Å². The number of thiophene rings is 1. The Morgan fingerprint density at radius 2 is 2.27 bits per heavy atom. The van der Waals surface area contributed by atoms with Crippen LogP contribution in [0.2, 0.25) is 0 Å². The number of Topliss-reactive ketones (excluding diaryl/α,β-unsaturated/α-hetero) is 1. The van der Waals surface area contributed by atoms with Crippen molar-refractivity contribution < 1.29 is 13.7 Å². The second kappa shape index (κ2) is 5.98. The van der Waals surface area contributed by atoms with Crippen LogP contribution in [0, 0.1) is 0 Å². The smallest absolute Gasteiger partial charge is 0.198 e. The number of carbonyl (C=O) groups excluding carboxylic acids is 1. The maximum atomic E-state index is 12.4. The van der Waals surface area contributed by atoms with Crippen LogP contribution in [0.4, 0.5) is 0 Å². The number of nitrogens with zero attached hydrogens (tertiary/aromatic N) is 2. The number of rotatable bonds is 5. The van der Waals surface area contributed by atoms with Crippen LogP contribution in [0.3, 0.4) is 0 Å². The summed E-state index contributed by atoms with van der Waals surface area (Å²) in [5, 5.41) is 0.390. The molecule has 0 spiro atoms. The number of aromatic nitrogens is 3. The molecule has 1 atom stereocenters. The third kappa shape index (κ3) is 2.93. The fourth-order valence-corrected chi connectivity index (χ4v) is 3.86. The summed E-state index contributed by atoms with van der Waals surface area (Å²) in [6.07, 6.45) is 1.62. The fourth-order valence-electron chi connectivity index (χ4n) is 1.94. The molecule has 0 bridgehead atoms. The van der Waals surface area contributed by atoms with Gasteiger partial charge in [-0.15, -0.1) is 11.3 Å². The van der Waals surface area contributed by atoms with E-state index >= 15 is 0 Å². The molecule has 3 aromatic rings. The van der Waals surface area contributed by atoms with Crippen molar-refractivity contribution in [1.29, 1.82) is 0 Å². The summed E-state index contributed by atoms with van der Waals surface area (Å²) in [6, 6.07) is 5.22. The van der Waals surface area contributed by atoms with Crippen molar-refractivity contribution in [3.63, 3.8) is 0 Å². The molecule has 0 saturated heterocycles. The summed E-state index contributed by atoms with van der Waals surface area (Å²) < 4.78 is 17.5. The second-order valence-electron chi connectivity index (χ2n) is 4.60. The molecule has 3 rings (SSSR count). The molecule has 3 heterocycles. The van der Waals surface area contributed by atoms with E-state index in [2.05, 4.69) is 15.0 Å². The number of imidazole rings is 1. The number of fused-ring (bicyclic) bond motifs is 1. The zero-order valence-electron chi connectivity index (χ0n) is 12.0. The van der Waals surface area contributed by atoms with E-state index in [1.54, 1.807) is 31.5 Å². The Morgan fingerprint density at radius 1 is 1.45 bits per heavy atom. The summed E-state index contributed by atoms with van der Waals surface area (Å²) in [7, 11) is 0.237. The van der Waals surface area contributed by atoms with Crippen LogP contribution in [0.15, 0.2) is 29.6 Å². The summed E-state index contributed by atoms with van der Waals surface area (Å²) in [5.74, 6) is 0.922. The average molecular weight is 335 g/mol. The lowest BCUT2D eigenvalue weighted by Gasteiger charge is -2.02. The van der Waals surface area contributed by atoms with E-state index in [9.17, 15) is 9.00 Å². The normalized spacial score (nSPS) is 12.5. The molecular formula is C14H13N3O3S2. The lowest BCUT2D eigenvalue weighted by atomic mass is 10.3. The molecule has 0 saturated carbocycles. The van der Waals surface area contributed by atoms with E-state index in [4.69, 9.17) is 4.74 Å². The largest absolute Gasteiger partial charge is 0.497 e. The number of pyridine rings is 1. The first-order valence-corrected chi connectivity index (χ1v) is 8.58. The first-order chi connectivity index (χ1) is 10.6. The van der Waals surface area contributed by atoms with Crippen molar-refractivity contribution in [3.05, 3.63) is 35.0 Å². The molecule has 3 aromatic heterocycles. The standard InChI is InChI=1S/C14H13N3O3S2/c1-8(18)12-6-11-13(21-12)17-14(16-11)22(19)7-9-5-10(20-2)3-4-15-9/h3-6H,7H2,1-2H3,(H,16,17). The van der Waals surface area contributed by atoms with E-state index in [-0.39, 0.29) is 11.5 Å². The van der Waals surface area contributed by atoms with E-state index in [1.807, 2.05) is 0 Å². The van der Waals surface area contributed by atoms with Crippen molar-refractivity contribution >= 4 is 38.3 Å². The number of ether oxygens (including phenoxy) is 1. The van der Waals surface area contributed by atoms with E-state index in [1.165, 1.54) is 18.3 Å². The minimum Gasteiger partial charge on any atom is -0.497 e. The van der Waals surface area contributed by atoms with E-state index < -0.39 is 10.8 Å². The monoisotopic (exact) mass is 335 g/mol. The van der Waals surface area contributed by atoms with Gasteiger partial charge in [-0.3, -0.25) is 14.0 Å². The highest BCUT2D eigenvalue weighted by Gasteiger charge is 2.15. The molecule has 0 aliphatic carbocycles. The zero-order chi connectivity index (χ0) is 15.7. The van der Waals surface area contributed by atoms with Crippen LogP contribution in [0.5, 0.6) is 5.75 Å². The molecule has 0 aliphatic heterocycles. The van der Waals surface area contributed by atoms with Gasteiger partial charge in [-0.1, -0.05) is 0 Å². The molecule has 0 aromatic carbocycles. The van der Waals surface area contributed by atoms with E-state index in [0.29, 0.717) is 26.3 Å². The summed E-state index contributed by atoms with van der Waals surface area (Å²) in [4.78, 5) is 24.1. The van der Waals surface area contributed by atoms with Gasteiger partial charge in [0, 0.05) is 12.3 Å². The van der Waals surface area contributed by atoms with Crippen LogP contribution in [0.1, 0.15) is 22.3 Å². The number of nitrogens with one attached hydrogen (secondary N) is 1. The highest BCUT2D eigenvalue weighted by atomic mass is 32.2. The molecule has 0 radical (unpaired) electrons. The van der Waals surface area contributed by atoms with Crippen LogP contribution in [-0.4, -0.2) is 32.1 Å². The van der Waals surface area contributed by atoms with Gasteiger partial charge in [0.25, 0.3) is 0 Å².